The molecule has 0 fully saturated rings. The summed E-state index contributed by atoms with van der Waals surface area (Å²) in [5.41, 5.74) is 24.6. The van der Waals surface area contributed by atoms with Crippen LogP contribution in [0.1, 0.15) is 39.1 Å². The standard InChI is InChI=1S/C55H36N2/c56-51(28-24-34-23-25-35-12-11-29-57-52(35)30-34)44-18-4-1-13-39(44)37-27-26-36-32-47-50(33-38(36)31-37)55(48-21-9-7-16-42(48)43-17-8-10-22-49(43)55)54-46-20-6-3-15-41(46)40-14-2-5-19-45(40)53(47)54/h1-29,31-33H,30,56H2/b34-24-,51-28-. The summed E-state index contributed by atoms with van der Waals surface area (Å²) in [5.74, 6) is 0. The monoisotopic (exact) mass is 724 g/mol. The quantitative estimate of drug-likeness (QED) is 0.184. The van der Waals surface area contributed by atoms with E-state index in [0.717, 1.165) is 34.5 Å². The van der Waals surface area contributed by atoms with Crippen LogP contribution < -0.4 is 5.73 Å². The van der Waals surface area contributed by atoms with Gasteiger partial charge in [0.25, 0.3) is 0 Å². The van der Waals surface area contributed by atoms with E-state index in [0.29, 0.717) is 0 Å². The number of fused-ring (bicyclic) bond motifs is 17. The van der Waals surface area contributed by atoms with Crippen LogP contribution in [0.5, 0.6) is 0 Å². The fourth-order valence-electron chi connectivity index (χ4n) is 10.3. The van der Waals surface area contributed by atoms with E-state index in [1.165, 1.54) is 88.0 Å². The van der Waals surface area contributed by atoms with Crippen molar-refractivity contribution in [2.45, 2.75) is 11.8 Å². The molecule has 0 saturated carbocycles. The zero-order valence-corrected chi connectivity index (χ0v) is 31.2. The lowest BCUT2D eigenvalue weighted by molar-refractivity contribution is 0.803. The van der Waals surface area contributed by atoms with Crippen molar-refractivity contribution < 1.29 is 0 Å². The first-order valence-electron chi connectivity index (χ1n) is 19.8. The lowest BCUT2D eigenvalue weighted by atomic mass is 9.69. The Morgan fingerprint density at radius 1 is 0.544 bits per heavy atom. The lowest BCUT2D eigenvalue weighted by Crippen LogP contribution is -2.26. The van der Waals surface area contributed by atoms with Gasteiger partial charge in [0, 0.05) is 23.9 Å². The number of pyridine rings is 1. The summed E-state index contributed by atoms with van der Waals surface area (Å²) in [7, 11) is 0. The van der Waals surface area contributed by atoms with Gasteiger partial charge in [-0.1, -0.05) is 158 Å². The number of rotatable bonds is 3. The third-order valence-corrected chi connectivity index (χ3v) is 12.7. The molecule has 8 aromatic carbocycles. The Bertz CT molecular complexity index is 3240. The molecule has 0 bridgehead atoms. The molecule has 57 heavy (non-hydrogen) atoms. The van der Waals surface area contributed by atoms with Crippen molar-refractivity contribution in [3.05, 3.63) is 233 Å². The molecule has 3 aliphatic carbocycles. The maximum absolute atomic E-state index is 6.92. The van der Waals surface area contributed by atoms with E-state index in [1.807, 2.05) is 18.3 Å². The number of benzene rings is 8. The van der Waals surface area contributed by atoms with Crippen LogP contribution in [-0.4, -0.2) is 4.98 Å². The van der Waals surface area contributed by atoms with Gasteiger partial charge in [0.1, 0.15) is 0 Å². The van der Waals surface area contributed by atoms with E-state index in [-0.39, 0.29) is 0 Å². The molecule has 0 aliphatic heterocycles. The summed E-state index contributed by atoms with van der Waals surface area (Å²) in [6, 6.07) is 60.7. The molecule has 3 aliphatic rings. The fraction of sp³-hybridized carbons (Fsp3) is 0.0364. The molecule has 266 valence electrons. The Labute approximate surface area is 331 Å². The molecule has 2 nitrogen and oxygen atoms in total. The number of allylic oxidation sites excluding steroid dienone is 4. The van der Waals surface area contributed by atoms with Crippen LogP contribution in [0.25, 0.3) is 77.5 Å². The Balaban J connectivity index is 1.08. The number of nitrogens with two attached hydrogens (primary N) is 1. The van der Waals surface area contributed by atoms with Gasteiger partial charge in [-0.15, -0.1) is 0 Å². The van der Waals surface area contributed by atoms with Gasteiger partial charge in [0.05, 0.1) is 11.1 Å². The first-order valence-corrected chi connectivity index (χ1v) is 19.8. The third kappa shape index (κ3) is 4.50. The summed E-state index contributed by atoms with van der Waals surface area (Å²) >= 11 is 0. The summed E-state index contributed by atoms with van der Waals surface area (Å²) in [5, 5.41) is 7.65. The molecule has 12 rings (SSSR count). The van der Waals surface area contributed by atoms with Crippen LogP contribution in [0.15, 0.2) is 194 Å². The van der Waals surface area contributed by atoms with Crippen LogP contribution in [0.4, 0.5) is 0 Å². The van der Waals surface area contributed by atoms with Gasteiger partial charge in [0.2, 0.25) is 0 Å². The maximum atomic E-state index is 6.92. The minimum atomic E-state index is -0.478. The molecule has 0 radical (unpaired) electrons. The predicted molar refractivity (Wildman–Crippen MR) is 238 cm³/mol. The maximum Gasteiger partial charge on any atom is 0.0731 e. The highest BCUT2D eigenvalue weighted by atomic mass is 14.7. The molecular weight excluding hydrogens is 689 g/mol. The highest BCUT2D eigenvalue weighted by Crippen LogP contribution is 2.65. The Kier molecular flexibility index (Phi) is 6.80. The predicted octanol–water partition coefficient (Wildman–Crippen LogP) is 13.0. The van der Waals surface area contributed by atoms with Crippen molar-refractivity contribution in [2.75, 3.05) is 0 Å². The largest absolute Gasteiger partial charge is 0.398 e. The molecule has 0 atom stereocenters. The molecular formula is C55H36N2. The zero-order chi connectivity index (χ0) is 37.7. The van der Waals surface area contributed by atoms with Gasteiger partial charge in [-0.3, -0.25) is 4.98 Å². The minimum Gasteiger partial charge on any atom is -0.398 e. The van der Waals surface area contributed by atoms with Gasteiger partial charge >= 0.3 is 0 Å². The summed E-state index contributed by atoms with van der Waals surface area (Å²) in [4.78, 5) is 4.59. The first kappa shape index (κ1) is 32.0. The molecule has 2 N–H and O–H groups in total. The smallest absolute Gasteiger partial charge is 0.0731 e. The molecule has 1 heterocycles. The Hall–Kier alpha value is -7.29. The van der Waals surface area contributed by atoms with E-state index in [9.17, 15) is 0 Å². The number of hydrogen-bond donors (Lipinski definition) is 1. The van der Waals surface area contributed by atoms with Crippen LogP contribution in [0.2, 0.25) is 0 Å². The SMILES string of the molecule is N/C(=C\C=C1\C=Cc2cccnc2C1)c1ccccc1-c1ccc2cc3c(cc2c1)C1(c2ccccc2-c2ccccc21)c1c-3c2ccccc2c2ccccc12. The molecule has 0 unspecified atom stereocenters. The van der Waals surface area contributed by atoms with Gasteiger partial charge < -0.3 is 5.73 Å². The molecule has 0 amide bonds. The average molecular weight is 725 g/mol. The fourth-order valence-corrected chi connectivity index (χ4v) is 10.3. The second-order valence-corrected chi connectivity index (χ2v) is 15.6. The van der Waals surface area contributed by atoms with Gasteiger partial charge in [-0.05, 0) is 129 Å². The van der Waals surface area contributed by atoms with Crippen molar-refractivity contribution in [1.29, 1.82) is 0 Å². The van der Waals surface area contributed by atoms with Crippen LogP contribution >= 0.6 is 0 Å². The summed E-state index contributed by atoms with van der Waals surface area (Å²) in [6.07, 6.45) is 11.1. The van der Waals surface area contributed by atoms with E-state index < -0.39 is 5.41 Å². The molecule has 9 aromatic rings. The number of aromatic nitrogens is 1. The van der Waals surface area contributed by atoms with E-state index in [4.69, 9.17) is 5.73 Å². The summed E-state index contributed by atoms with van der Waals surface area (Å²) in [6.45, 7) is 0. The first-order chi connectivity index (χ1) is 28.2. The highest BCUT2D eigenvalue weighted by Gasteiger charge is 2.53. The van der Waals surface area contributed by atoms with Crippen molar-refractivity contribution in [3.63, 3.8) is 0 Å². The van der Waals surface area contributed by atoms with Gasteiger partial charge in [-0.2, -0.15) is 0 Å². The van der Waals surface area contributed by atoms with Gasteiger partial charge in [-0.25, -0.2) is 0 Å². The number of nitrogens with zero attached hydrogens (tertiary/aromatic N) is 1. The normalized spacial score (nSPS) is 15.2. The second-order valence-electron chi connectivity index (χ2n) is 15.6. The van der Waals surface area contributed by atoms with Crippen molar-refractivity contribution in [3.8, 4) is 33.4 Å². The van der Waals surface area contributed by atoms with E-state index >= 15 is 0 Å². The molecule has 2 heteroatoms. The highest BCUT2D eigenvalue weighted by molar-refractivity contribution is 6.20. The van der Waals surface area contributed by atoms with E-state index in [1.54, 1.807) is 0 Å². The van der Waals surface area contributed by atoms with Crippen LogP contribution in [0, 0.1) is 0 Å². The third-order valence-electron chi connectivity index (χ3n) is 12.7. The molecule has 1 aromatic heterocycles. The molecule has 0 saturated heterocycles. The van der Waals surface area contributed by atoms with Crippen molar-refractivity contribution in [1.82, 2.24) is 4.98 Å². The molecule has 1 spiro atoms. The second kappa shape index (κ2) is 12.1. The van der Waals surface area contributed by atoms with Crippen LogP contribution in [0.3, 0.4) is 0 Å². The van der Waals surface area contributed by atoms with Crippen LogP contribution in [-0.2, 0) is 11.8 Å². The Morgan fingerprint density at radius 2 is 1.21 bits per heavy atom. The average Bonchev–Trinajstić information content (AvgIpc) is 3.74. The van der Waals surface area contributed by atoms with Crippen molar-refractivity contribution in [2.24, 2.45) is 5.73 Å². The van der Waals surface area contributed by atoms with Gasteiger partial charge in [0.15, 0.2) is 0 Å². The van der Waals surface area contributed by atoms with E-state index in [2.05, 4.69) is 181 Å². The van der Waals surface area contributed by atoms with Crippen molar-refractivity contribution >= 4 is 44.1 Å². The lowest BCUT2D eigenvalue weighted by Gasteiger charge is -2.32. The summed E-state index contributed by atoms with van der Waals surface area (Å²) < 4.78 is 0. The zero-order valence-electron chi connectivity index (χ0n) is 31.2. The Morgan fingerprint density at radius 3 is 2.00 bits per heavy atom. The topological polar surface area (TPSA) is 38.9 Å². The minimum absolute atomic E-state index is 0.478. The number of hydrogen-bond acceptors (Lipinski definition) is 2.